The minimum atomic E-state index is 0.0929. The molecule has 0 aromatic rings. The van der Waals surface area contributed by atoms with Gasteiger partial charge >= 0.3 is 0 Å². The first kappa shape index (κ1) is 16.9. The van der Waals surface area contributed by atoms with Crippen LogP contribution in [-0.4, -0.2) is 38.1 Å². The van der Waals surface area contributed by atoms with Gasteiger partial charge in [-0.25, -0.2) is 0 Å². The Morgan fingerprint density at radius 2 is 1.53 bits per heavy atom. The van der Waals surface area contributed by atoms with E-state index in [1.54, 1.807) is 0 Å². The smallest absolute Gasteiger partial charge is 0.0701 e. The Labute approximate surface area is 107 Å². The summed E-state index contributed by atoms with van der Waals surface area (Å²) in [4.78, 5) is 0. The molecule has 104 valence electrons. The van der Waals surface area contributed by atoms with Gasteiger partial charge in [0.25, 0.3) is 0 Å². The molecule has 1 N–H and O–H groups in total. The van der Waals surface area contributed by atoms with Crippen molar-refractivity contribution in [2.75, 3.05) is 33.0 Å². The molecule has 1 unspecified atom stereocenters. The average Bonchev–Trinajstić information content (AvgIpc) is 2.34. The SMILES string of the molecule is CCCCC(C)CCCCOCCOCCO. The lowest BCUT2D eigenvalue weighted by atomic mass is 9.98. The van der Waals surface area contributed by atoms with Gasteiger partial charge in [0.15, 0.2) is 0 Å². The summed E-state index contributed by atoms with van der Waals surface area (Å²) in [5.41, 5.74) is 0. The summed E-state index contributed by atoms with van der Waals surface area (Å²) < 4.78 is 10.5. The first-order chi connectivity index (χ1) is 8.31. The molecule has 0 spiro atoms. The molecule has 1 atom stereocenters. The fraction of sp³-hybridized carbons (Fsp3) is 1.00. The molecular formula is C14H30O3. The second-order valence-electron chi connectivity index (χ2n) is 4.69. The van der Waals surface area contributed by atoms with Crippen molar-refractivity contribution in [2.24, 2.45) is 5.92 Å². The van der Waals surface area contributed by atoms with Crippen LogP contribution in [0.15, 0.2) is 0 Å². The minimum Gasteiger partial charge on any atom is -0.394 e. The van der Waals surface area contributed by atoms with Crippen molar-refractivity contribution in [3.63, 3.8) is 0 Å². The number of unbranched alkanes of at least 4 members (excludes halogenated alkanes) is 2. The highest BCUT2D eigenvalue weighted by Crippen LogP contribution is 2.14. The zero-order chi connectivity index (χ0) is 12.8. The quantitative estimate of drug-likeness (QED) is 0.508. The molecule has 0 amide bonds. The monoisotopic (exact) mass is 246 g/mol. The molecule has 0 saturated carbocycles. The van der Waals surface area contributed by atoms with Crippen molar-refractivity contribution in [1.82, 2.24) is 0 Å². The third-order valence-corrected chi connectivity index (χ3v) is 2.89. The molecule has 0 aliphatic rings. The van der Waals surface area contributed by atoms with E-state index in [-0.39, 0.29) is 6.61 Å². The molecule has 3 heteroatoms. The summed E-state index contributed by atoms with van der Waals surface area (Å²) >= 11 is 0. The second kappa shape index (κ2) is 13.9. The molecule has 0 aromatic carbocycles. The van der Waals surface area contributed by atoms with Crippen molar-refractivity contribution >= 4 is 0 Å². The lowest BCUT2D eigenvalue weighted by Crippen LogP contribution is -2.08. The first-order valence-electron chi connectivity index (χ1n) is 7.07. The van der Waals surface area contributed by atoms with Crippen molar-refractivity contribution in [3.8, 4) is 0 Å². The van der Waals surface area contributed by atoms with Crippen molar-refractivity contribution in [3.05, 3.63) is 0 Å². The molecule has 0 aromatic heterocycles. The Bertz CT molecular complexity index is 139. The summed E-state index contributed by atoms with van der Waals surface area (Å²) in [5.74, 6) is 0.864. The Kier molecular flexibility index (Phi) is 13.8. The van der Waals surface area contributed by atoms with Gasteiger partial charge in [-0.1, -0.05) is 46.0 Å². The third kappa shape index (κ3) is 13.8. The largest absolute Gasteiger partial charge is 0.394 e. The van der Waals surface area contributed by atoms with Crippen LogP contribution in [0.25, 0.3) is 0 Å². The number of aliphatic hydroxyl groups is 1. The van der Waals surface area contributed by atoms with Gasteiger partial charge in [-0.15, -0.1) is 0 Å². The molecule has 3 nitrogen and oxygen atoms in total. The highest BCUT2D eigenvalue weighted by atomic mass is 16.5. The van der Waals surface area contributed by atoms with Crippen LogP contribution in [0, 0.1) is 5.92 Å². The van der Waals surface area contributed by atoms with Crippen molar-refractivity contribution in [1.29, 1.82) is 0 Å². The van der Waals surface area contributed by atoms with Crippen LogP contribution in [0.3, 0.4) is 0 Å². The Morgan fingerprint density at radius 1 is 0.882 bits per heavy atom. The third-order valence-electron chi connectivity index (χ3n) is 2.89. The summed E-state index contributed by atoms with van der Waals surface area (Å²) in [6, 6.07) is 0. The van der Waals surface area contributed by atoms with Gasteiger partial charge in [0.05, 0.1) is 26.4 Å². The number of ether oxygens (including phenoxy) is 2. The molecule has 0 saturated heterocycles. The molecule has 0 bridgehead atoms. The minimum absolute atomic E-state index is 0.0929. The number of hydrogen-bond acceptors (Lipinski definition) is 3. The molecule has 0 fully saturated rings. The van der Waals surface area contributed by atoms with Gasteiger partial charge in [-0.2, -0.15) is 0 Å². The van der Waals surface area contributed by atoms with E-state index >= 15 is 0 Å². The van der Waals surface area contributed by atoms with Crippen LogP contribution in [-0.2, 0) is 9.47 Å². The van der Waals surface area contributed by atoms with E-state index in [4.69, 9.17) is 14.6 Å². The Hall–Kier alpha value is -0.120. The maximum Gasteiger partial charge on any atom is 0.0701 e. The van der Waals surface area contributed by atoms with Crippen LogP contribution >= 0.6 is 0 Å². The standard InChI is InChI=1S/C14H30O3/c1-3-4-7-14(2)8-5-6-10-16-12-13-17-11-9-15/h14-15H,3-13H2,1-2H3. The summed E-state index contributed by atoms with van der Waals surface area (Å²) in [7, 11) is 0. The Balaban J connectivity index is 3.02. The zero-order valence-electron chi connectivity index (χ0n) is 11.6. The second-order valence-corrected chi connectivity index (χ2v) is 4.69. The lowest BCUT2D eigenvalue weighted by Gasteiger charge is -2.10. The van der Waals surface area contributed by atoms with Crippen LogP contribution in [0.1, 0.15) is 52.4 Å². The average molecular weight is 246 g/mol. The van der Waals surface area contributed by atoms with Gasteiger partial charge in [0.2, 0.25) is 0 Å². The highest BCUT2D eigenvalue weighted by Gasteiger charge is 2.00. The summed E-state index contributed by atoms with van der Waals surface area (Å²) in [6.45, 7) is 7.18. The van der Waals surface area contributed by atoms with E-state index < -0.39 is 0 Å². The topological polar surface area (TPSA) is 38.7 Å². The van der Waals surface area contributed by atoms with Crippen molar-refractivity contribution < 1.29 is 14.6 Å². The van der Waals surface area contributed by atoms with Gasteiger partial charge in [0, 0.05) is 6.61 Å². The van der Waals surface area contributed by atoms with Crippen LogP contribution < -0.4 is 0 Å². The molecule has 0 aliphatic carbocycles. The normalized spacial score (nSPS) is 12.9. The number of aliphatic hydroxyl groups excluding tert-OH is 1. The number of rotatable bonds is 13. The van der Waals surface area contributed by atoms with Crippen LogP contribution in [0.5, 0.6) is 0 Å². The predicted octanol–water partition coefficient (Wildman–Crippen LogP) is 3.01. The lowest BCUT2D eigenvalue weighted by molar-refractivity contribution is 0.0319. The van der Waals surface area contributed by atoms with E-state index in [1.165, 1.54) is 32.1 Å². The zero-order valence-corrected chi connectivity index (χ0v) is 11.6. The highest BCUT2D eigenvalue weighted by molar-refractivity contribution is 4.53. The molecule has 0 heterocycles. The van der Waals surface area contributed by atoms with Gasteiger partial charge in [0.1, 0.15) is 0 Å². The van der Waals surface area contributed by atoms with Crippen LogP contribution in [0.2, 0.25) is 0 Å². The summed E-state index contributed by atoms with van der Waals surface area (Å²) in [5, 5.41) is 8.49. The maximum atomic E-state index is 8.49. The Morgan fingerprint density at radius 3 is 2.18 bits per heavy atom. The van der Waals surface area contributed by atoms with Gasteiger partial charge < -0.3 is 14.6 Å². The first-order valence-corrected chi connectivity index (χ1v) is 7.07. The molecule has 0 aliphatic heterocycles. The van der Waals surface area contributed by atoms with E-state index in [1.807, 2.05) is 0 Å². The van der Waals surface area contributed by atoms with E-state index in [2.05, 4.69) is 13.8 Å². The number of hydrogen-bond donors (Lipinski definition) is 1. The van der Waals surface area contributed by atoms with Gasteiger partial charge in [-0.05, 0) is 12.3 Å². The van der Waals surface area contributed by atoms with E-state index in [9.17, 15) is 0 Å². The fourth-order valence-corrected chi connectivity index (χ4v) is 1.78. The molecule has 0 rings (SSSR count). The predicted molar refractivity (Wildman–Crippen MR) is 71.3 cm³/mol. The van der Waals surface area contributed by atoms with E-state index in [0.29, 0.717) is 19.8 Å². The fourth-order valence-electron chi connectivity index (χ4n) is 1.78. The maximum absolute atomic E-state index is 8.49. The van der Waals surface area contributed by atoms with Crippen molar-refractivity contribution in [2.45, 2.75) is 52.4 Å². The van der Waals surface area contributed by atoms with Crippen LogP contribution in [0.4, 0.5) is 0 Å². The molecule has 17 heavy (non-hydrogen) atoms. The molecular weight excluding hydrogens is 216 g/mol. The van der Waals surface area contributed by atoms with Gasteiger partial charge in [-0.3, -0.25) is 0 Å². The van der Waals surface area contributed by atoms with E-state index in [0.717, 1.165) is 18.9 Å². The summed E-state index contributed by atoms with van der Waals surface area (Å²) in [6.07, 6.45) is 7.77. The molecule has 0 radical (unpaired) electrons.